The Kier molecular flexibility index (Phi) is 3.82. The molecule has 3 aromatic rings. The number of hydrogen-bond acceptors (Lipinski definition) is 4. The van der Waals surface area contributed by atoms with E-state index in [1.807, 2.05) is 32.0 Å². The zero-order valence-electron chi connectivity index (χ0n) is 13.8. The first-order valence-corrected chi connectivity index (χ1v) is 9.85. The van der Waals surface area contributed by atoms with Crippen LogP contribution in [0.4, 0.5) is 0 Å². The van der Waals surface area contributed by atoms with Gasteiger partial charge in [0.25, 0.3) is 0 Å². The van der Waals surface area contributed by atoms with Crippen LogP contribution in [0.5, 0.6) is 0 Å². The van der Waals surface area contributed by atoms with E-state index in [-0.39, 0.29) is 16.0 Å². The molecule has 8 heteroatoms. The molecule has 1 aliphatic rings. The van der Waals surface area contributed by atoms with E-state index in [2.05, 4.69) is 19.9 Å². The number of nitrogens with zero attached hydrogens (tertiary/aromatic N) is 2. The van der Waals surface area contributed by atoms with Crippen molar-refractivity contribution in [1.82, 2.24) is 19.9 Å². The van der Waals surface area contributed by atoms with E-state index in [0.29, 0.717) is 10.9 Å². The number of aryl methyl sites for hydroxylation is 2. The van der Waals surface area contributed by atoms with Crippen molar-refractivity contribution in [3.8, 4) is 11.1 Å². The van der Waals surface area contributed by atoms with Crippen LogP contribution in [-0.4, -0.2) is 29.6 Å². The van der Waals surface area contributed by atoms with Gasteiger partial charge in [-0.15, -0.1) is 0 Å². The maximum Gasteiger partial charge on any atom is 0.243 e. The van der Waals surface area contributed by atoms with Crippen molar-refractivity contribution in [2.75, 3.05) is 0 Å². The summed E-state index contributed by atoms with van der Waals surface area (Å²) in [6, 6.07) is 5.63. The molecule has 0 bridgehead atoms. The van der Waals surface area contributed by atoms with Crippen LogP contribution in [0.3, 0.4) is 0 Å². The van der Waals surface area contributed by atoms with E-state index in [4.69, 9.17) is 11.6 Å². The first-order valence-electron chi connectivity index (χ1n) is 7.99. The van der Waals surface area contributed by atoms with Gasteiger partial charge in [0, 0.05) is 28.9 Å². The van der Waals surface area contributed by atoms with Crippen LogP contribution in [0.1, 0.15) is 24.2 Å². The Hall–Kier alpha value is -1.96. The predicted octanol–water partition coefficient (Wildman–Crippen LogP) is 3.34. The molecule has 0 aliphatic heterocycles. The normalized spacial score (nSPS) is 15.0. The van der Waals surface area contributed by atoms with Gasteiger partial charge in [-0.25, -0.2) is 13.1 Å². The number of pyridine rings is 1. The standard InChI is InChI=1S/C17H17ClN4O2S/c1-9-16(10(2)21-20-9)11-3-6-13-14(7-11)19-8-15(17(13)18)25(23,24)22-12-4-5-12/h3,6-8,12,22H,4-5H2,1-2H3,(H,20,21). The van der Waals surface area contributed by atoms with Gasteiger partial charge in [-0.1, -0.05) is 23.7 Å². The molecule has 1 aliphatic carbocycles. The third kappa shape index (κ3) is 2.92. The molecule has 0 spiro atoms. The molecular formula is C17H17ClN4O2S. The van der Waals surface area contributed by atoms with Crippen molar-refractivity contribution in [3.05, 3.63) is 40.8 Å². The lowest BCUT2D eigenvalue weighted by atomic mass is 10.0. The fraction of sp³-hybridized carbons (Fsp3) is 0.294. The summed E-state index contributed by atoms with van der Waals surface area (Å²) < 4.78 is 27.5. The van der Waals surface area contributed by atoms with Gasteiger partial charge in [0.05, 0.1) is 16.2 Å². The minimum absolute atomic E-state index is 0.0196. The lowest BCUT2D eigenvalue weighted by molar-refractivity contribution is 0.581. The molecule has 0 unspecified atom stereocenters. The molecule has 0 saturated heterocycles. The average molecular weight is 377 g/mol. The topological polar surface area (TPSA) is 87.7 Å². The Morgan fingerprint density at radius 1 is 1.28 bits per heavy atom. The molecule has 2 heterocycles. The van der Waals surface area contributed by atoms with Crippen molar-refractivity contribution in [2.24, 2.45) is 0 Å². The molecule has 25 heavy (non-hydrogen) atoms. The minimum Gasteiger partial charge on any atom is -0.282 e. The Bertz CT molecular complexity index is 1070. The number of rotatable bonds is 4. The van der Waals surface area contributed by atoms with Gasteiger partial charge in [0.1, 0.15) is 4.90 Å². The molecule has 4 rings (SSSR count). The third-order valence-corrected chi connectivity index (χ3v) is 6.43. The van der Waals surface area contributed by atoms with Gasteiger partial charge in [-0.3, -0.25) is 10.1 Å². The summed E-state index contributed by atoms with van der Waals surface area (Å²) >= 11 is 6.39. The number of nitrogens with one attached hydrogen (secondary N) is 2. The molecule has 1 aromatic carbocycles. The summed E-state index contributed by atoms with van der Waals surface area (Å²) in [7, 11) is -3.65. The zero-order valence-corrected chi connectivity index (χ0v) is 15.4. The maximum atomic E-state index is 12.4. The Morgan fingerprint density at radius 2 is 2.04 bits per heavy atom. The van der Waals surface area contributed by atoms with Crippen molar-refractivity contribution >= 4 is 32.5 Å². The summed E-state index contributed by atoms with van der Waals surface area (Å²) in [4.78, 5) is 4.36. The summed E-state index contributed by atoms with van der Waals surface area (Å²) in [6.07, 6.45) is 3.06. The SMILES string of the molecule is Cc1n[nH]c(C)c1-c1ccc2c(Cl)c(S(=O)(=O)NC3CC3)cnc2c1. The first-order chi connectivity index (χ1) is 11.9. The van der Waals surface area contributed by atoms with E-state index in [1.165, 1.54) is 6.20 Å². The number of hydrogen-bond donors (Lipinski definition) is 2. The summed E-state index contributed by atoms with van der Waals surface area (Å²) in [5, 5.41) is 7.99. The zero-order chi connectivity index (χ0) is 17.8. The van der Waals surface area contributed by atoms with Gasteiger partial charge in [0.15, 0.2) is 0 Å². The van der Waals surface area contributed by atoms with E-state index in [1.54, 1.807) is 0 Å². The molecule has 0 radical (unpaired) electrons. The smallest absolute Gasteiger partial charge is 0.243 e. The number of aromatic amines is 1. The second kappa shape index (κ2) is 5.79. The summed E-state index contributed by atoms with van der Waals surface area (Å²) in [5.41, 5.74) is 4.50. The Balaban J connectivity index is 1.82. The van der Waals surface area contributed by atoms with Crippen molar-refractivity contribution in [2.45, 2.75) is 37.6 Å². The highest BCUT2D eigenvalue weighted by molar-refractivity contribution is 7.89. The number of benzene rings is 1. The summed E-state index contributed by atoms with van der Waals surface area (Å²) in [5.74, 6) is 0. The highest BCUT2D eigenvalue weighted by atomic mass is 35.5. The highest BCUT2D eigenvalue weighted by Gasteiger charge is 2.30. The highest BCUT2D eigenvalue weighted by Crippen LogP contribution is 2.34. The lowest BCUT2D eigenvalue weighted by Gasteiger charge is -2.10. The van der Waals surface area contributed by atoms with Crippen LogP contribution < -0.4 is 4.72 Å². The molecule has 0 atom stereocenters. The van der Waals surface area contributed by atoms with Crippen molar-refractivity contribution in [1.29, 1.82) is 0 Å². The molecule has 130 valence electrons. The van der Waals surface area contributed by atoms with Gasteiger partial charge in [-0.05, 0) is 38.3 Å². The lowest BCUT2D eigenvalue weighted by Crippen LogP contribution is -2.26. The molecule has 6 nitrogen and oxygen atoms in total. The first kappa shape index (κ1) is 16.5. The summed E-state index contributed by atoms with van der Waals surface area (Å²) in [6.45, 7) is 3.89. The van der Waals surface area contributed by atoms with Gasteiger partial charge < -0.3 is 0 Å². The molecular weight excluding hydrogens is 360 g/mol. The van der Waals surface area contributed by atoms with E-state index < -0.39 is 10.0 Å². The molecule has 1 saturated carbocycles. The Labute approximate surface area is 150 Å². The minimum atomic E-state index is -3.65. The maximum absolute atomic E-state index is 12.4. The number of H-pyrrole nitrogens is 1. The molecule has 2 aromatic heterocycles. The second-order valence-corrected chi connectivity index (χ2v) is 8.43. The van der Waals surface area contributed by atoms with E-state index in [9.17, 15) is 8.42 Å². The molecule has 1 fully saturated rings. The van der Waals surface area contributed by atoms with Crippen LogP contribution in [-0.2, 0) is 10.0 Å². The molecule has 2 N–H and O–H groups in total. The number of sulfonamides is 1. The monoisotopic (exact) mass is 376 g/mol. The van der Waals surface area contributed by atoms with Gasteiger partial charge in [0.2, 0.25) is 10.0 Å². The van der Waals surface area contributed by atoms with E-state index in [0.717, 1.165) is 35.4 Å². The largest absolute Gasteiger partial charge is 0.282 e. The number of halogens is 1. The van der Waals surface area contributed by atoms with E-state index >= 15 is 0 Å². The Morgan fingerprint density at radius 3 is 2.68 bits per heavy atom. The fourth-order valence-corrected chi connectivity index (χ4v) is 4.80. The van der Waals surface area contributed by atoms with Crippen molar-refractivity contribution in [3.63, 3.8) is 0 Å². The number of fused-ring (bicyclic) bond motifs is 1. The van der Waals surface area contributed by atoms with Gasteiger partial charge in [-0.2, -0.15) is 5.10 Å². The fourth-order valence-electron chi connectivity index (χ4n) is 2.94. The van der Waals surface area contributed by atoms with Crippen LogP contribution >= 0.6 is 11.6 Å². The number of aromatic nitrogens is 3. The van der Waals surface area contributed by atoms with Crippen LogP contribution in [0.25, 0.3) is 22.0 Å². The average Bonchev–Trinajstić information content (AvgIpc) is 3.29. The van der Waals surface area contributed by atoms with Crippen LogP contribution in [0.15, 0.2) is 29.3 Å². The van der Waals surface area contributed by atoms with Crippen molar-refractivity contribution < 1.29 is 8.42 Å². The van der Waals surface area contributed by atoms with Crippen LogP contribution in [0.2, 0.25) is 5.02 Å². The van der Waals surface area contributed by atoms with Gasteiger partial charge >= 0.3 is 0 Å². The molecule has 0 amide bonds. The third-order valence-electron chi connectivity index (χ3n) is 4.38. The van der Waals surface area contributed by atoms with Crippen LogP contribution in [0, 0.1) is 13.8 Å². The quantitative estimate of drug-likeness (QED) is 0.731. The predicted molar refractivity (Wildman–Crippen MR) is 97.2 cm³/mol. The second-order valence-electron chi connectivity index (χ2n) is 6.37.